The Kier molecular flexibility index (Phi) is 7.92. The van der Waals surface area contributed by atoms with Gasteiger partial charge in [0.25, 0.3) is 0 Å². The molecule has 0 spiro atoms. The molecule has 0 bridgehead atoms. The number of hydrogen-bond acceptors (Lipinski definition) is 2. The molecule has 2 aromatic rings. The SMILES string of the molecule is CC(C)C(=O)NCCC#CC=CCN[C@H](C)c1cccc2ccccc12. The molecule has 0 unspecified atom stereocenters. The van der Waals surface area contributed by atoms with Crippen LogP contribution in [-0.4, -0.2) is 19.0 Å². The van der Waals surface area contributed by atoms with Gasteiger partial charge in [-0.15, -0.1) is 0 Å². The van der Waals surface area contributed by atoms with E-state index in [1.807, 2.05) is 26.0 Å². The summed E-state index contributed by atoms with van der Waals surface area (Å²) in [6.45, 7) is 7.32. The van der Waals surface area contributed by atoms with E-state index >= 15 is 0 Å². The Morgan fingerprint density at radius 2 is 1.88 bits per heavy atom. The lowest BCUT2D eigenvalue weighted by Gasteiger charge is -2.15. The number of carbonyl (C=O) groups is 1. The molecular formula is C23H28N2O. The second-order valence-electron chi connectivity index (χ2n) is 6.62. The third-order valence-electron chi connectivity index (χ3n) is 4.21. The molecule has 0 aliphatic heterocycles. The Bertz CT molecular complexity index is 806. The number of allylic oxidation sites excluding steroid dienone is 1. The van der Waals surface area contributed by atoms with Crippen LogP contribution in [0.1, 0.15) is 38.8 Å². The van der Waals surface area contributed by atoms with Crippen LogP contribution < -0.4 is 10.6 Å². The maximum Gasteiger partial charge on any atom is 0.222 e. The Morgan fingerprint density at radius 1 is 1.12 bits per heavy atom. The van der Waals surface area contributed by atoms with E-state index in [4.69, 9.17) is 0 Å². The monoisotopic (exact) mass is 348 g/mol. The average Bonchev–Trinajstić information content (AvgIpc) is 2.65. The summed E-state index contributed by atoms with van der Waals surface area (Å²) in [6.07, 6.45) is 4.57. The van der Waals surface area contributed by atoms with E-state index in [2.05, 4.69) is 71.9 Å². The highest BCUT2D eigenvalue weighted by Crippen LogP contribution is 2.23. The second-order valence-corrected chi connectivity index (χ2v) is 6.62. The fourth-order valence-corrected chi connectivity index (χ4v) is 2.68. The van der Waals surface area contributed by atoms with Crippen molar-refractivity contribution in [2.24, 2.45) is 5.92 Å². The van der Waals surface area contributed by atoms with Crippen LogP contribution in [0.5, 0.6) is 0 Å². The minimum absolute atomic E-state index is 0.0256. The molecule has 1 atom stereocenters. The van der Waals surface area contributed by atoms with Crippen molar-refractivity contribution in [3.05, 3.63) is 60.2 Å². The fraction of sp³-hybridized carbons (Fsp3) is 0.348. The predicted octanol–water partition coefficient (Wildman–Crippen LogP) is 4.21. The van der Waals surface area contributed by atoms with Gasteiger partial charge in [-0.25, -0.2) is 0 Å². The summed E-state index contributed by atoms with van der Waals surface area (Å²) in [5.74, 6) is 6.16. The Balaban J connectivity index is 1.75. The van der Waals surface area contributed by atoms with Crippen LogP contribution in [0.4, 0.5) is 0 Å². The Labute approximate surface area is 156 Å². The molecule has 1 amide bonds. The standard InChI is InChI=1S/C23H28N2O/c1-18(2)23(26)25-17-10-6-4-5-9-16-24-19(3)21-15-11-13-20-12-7-8-14-22(20)21/h5,7-9,11-15,18-19,24H,10,16-17H2,1-3H3,(H,25,26)/t19-/m1/s1. The fourth-order valence-electron chi connectivity index (χ4n) is 2.68. The molecule has 2 N–H and O–H groups in total. The van der Waals surface area contributed by atoms with Crippen molar-refractivity contribution in [3.8, 4) is 11.8 Å². The second kappa shape index (κ2) is 10.4. The third kappa shape index (κ3) is 6.06. The van der Waals surface area contributed by atoms with Gasteiger partial charge in [0.05, 0.1) is 0 Å². The summed E-state index contributed by atoms with van der Waals surface area (Å²) in [7, 11) is 0. The minimum atomic E-state index is 0.0256. The van der Waals surface area contributed by atoms with E-state index in [-0.39, 0.29) is 17.9 Å². The third-order valence-corrected chi connectivity index (χ3v) is 4.21. The number of nitrogens with one attached hydrogen (secondary N) is 2. The number of fused-ring (bicyclic) bond motifs is 1. The van der Waals surface area contributed by atoms with Crippen molar-refractivity contribution in [2.45, 2.75) is 33.2 Å². The number of hydrogen-bond donors (Lipinski definition) is 2. The summed E-state index contributed by atoms with van der Waals surface area (Å²) in [5.41, 5.74) is 1.31. The molecule has 0 fully saturated rings. The van der Waals surface area contributed by atoms with E-state index in [1.165, 1.54) is 16.3 Å². The summed E-state index contributed by atoms with van der Waals surface area (Å²) in [5, 5.41) is 8.92. The molecule has 3 heteroatoms. The van der Waals surface area contributed by atoms with Gasteiger partial charge in [-0.3, -0.25) is 4.79 Å². The summed E-state index contributed by atoms with van der Waals surface area (Å²) >= 11 is 0. The first-order valence-corrected chi connectivity index (χ1v) is 9.21. The highest BCUT2D eigenvalue weighted by atomic mass is 16.1. The first-order chi connectivity index (χ1) is 12.6. The Morgan fingerprint density at radius 3 is 2.69 bits per heavy atom. The normalized spacial score (nSPS) is 12.2. The molecule has 2 aromatic carbocycles. The van der Waals surface area contributed by atoms with Gasteiger partial charge in [-0.2, -0.15) is 0 Å². The molecule has 0 aliphatic rings. The molecule has 3 nitrogen and oxygen atoms in total. The molecule has 136 valence electrons. The largest absolute Gasteiger partial charge is 0.355 e. The van der Waals surface area contributed by atoms with E-state index in [1.54, 1.807) is 0 Å². The van der Waals surface area contributed by atoms with E-state index in [0.717, 1.165) is 6.54 Å². The topological polar surface area (TPSA) is 41.1 Å². The molecule has 0 aliphatic carbocycles. The van der Waals surface area contributed by atoms with Gasteiger partial charge in [0, 0.05) is 31.5 Å². The van der Waals surface area contributed by atoms with Crippen molar-refractivity contribution in [3.63, 3.8) is 0 Å². The minimum Gasteiger partial charge on any atom is -0.355 e. The number of benzene rings is 2. The molecule has 0 radical (unpaired) electrons. The lowest BCUT2D eigenvalue weighted by Crippen LogP contribution is -2.28. The van der Waals surface area contributed by atoms with Gasteiger partial charge in [-0.1, -0.05) is 74.2 Å². The van der Waals surface area contributed by atoms with Crippen LogP contribution >= 0.6 is 0 Å². The van der Waals surface area contributed by atoms with Crippen LogP contribution in [0.15, 0.2) is 54.6 Å². The molecule has 0 heterocycles. The van der Waals surface area contributed by atoms with Gasteiger partial charge in [0.1, 0.15) is 0 Å². The quantitative estimate of drug-likeness (QED) is 0.581. The van der Waals surface area contributed by atoms with Crippen molar-refractivity contribution >= 4 is 16.7 Å². The van der Waals surface area contributed by atoms with Crippen molar-refractivity contribution in [2.75, 3.05) is 13.1 Å². The summed E-state index contributed by atoms with van der Waals surface area (Å²) < 4.78 is 0. The molecular weight excluding hydrogens is 320 g/mol. The smallest absolute Gasteiger partial charge is 0.222 e. The van der Waals surface area contributed by atoms with Gasteiger partial charge >= 0.3 is 0 Å². The average molecular weight is 348 g/mol. The van der Waals surface area contributed by atoms with Gasteiger partial charge in [0.2, 0.25) is 5.91 Å². The van der Waals surface area contributed by atoms with Crippen molar-refractivity contribution in [1.29, 1.82) is 0 Å². The van der Waals surface area contributed by atoms with Crippen LogP contribution in [0.3, 0.4) is 0 Å². The maximum absolute atomic E-state index is 11.4. The molecule has 0 aromatic heterocycles. The van der Waals surface area contributed by atoms with E-state index < -0.39 is 0 Å². The van der Waals surface area contributed by atoms with Gasteiger partial charge in [0.15, 0.2) is 0 Å². The predicted molar refractivity (Wildman–Crippen MR) is 110 cm³/mol. The molecule has 0 saturated heterocycles. The lowest BCUT2D eigenvalue weighted by atomic mass is 10.00. The zero-order valence-electron chi connectivity index (χ0n) is 15.9. The number of carbonyl (C=O) groups excluding carboxylic acids is 1. The maximum atomic E-state index is 11.4. The van der Waals surface area contributed by atoms with Crippen LogP contribution in [0.25, 0.3) is 10.8 Å². The summed E-state index contributed by atoms with van der Waals surface area (Å²) in [4.78, 5) is 11.4. The number of amides is 1. The van der Waals surface area contributed by atoms with Crippen LogP contribution in [0.2, 0.25) is 0 Å². The first kappa shape index (κ1) is 19.8. The molecule has 2 rings (SSSR count). The van der Waals surface area contributed by atoms with Crippen LogP contribution in [-0.2, 0) is 4.79 Å². The Hall–Kier alpha value is -2.57. The molecule has 0 saturated carbocycles. The zero-order chi connectivity index (χ0) is 18.8. The molecule has 26 heavy (non-hydrogen) atoms. The highest BCUT2D eigenvalue weighted by Gasteiger charge is 2.07. The van der Waals surface area contributed by atoms with Gasteiger partial charge < -0.3 is 10.6 Å². The van der Waals surface area contributed by atoms with Crippen molar-refractivity contribution in [1.82, 2.24) is 10.6 Å². The zero-order valence-corrected chi connectivity index (χ0v) is 15.9. The van der Waals surface area contributed by atoms with E-state index in [0.29, 0.717) is 13.0 Å². The van der Waals surface area contributed by atoms with Gasteiger partial charge in [-0.05, 0) is 29.3 Å². The summed E-state index contributed by atoms with van der Waals surface area (Å²) in [6, 6.07) is 15.2. The lowest BCUT2D eigenvalue weighted by molar-refractivity contribution is -0.123. The van der Waals surface area contributed by atoms with Crippen LogP contribution in [0, 0.1) is 17.8 Å². The van der Waals surface area contributed by atoms with Crippen molar-refractivity contribution < 1.29 is 4.79 Å². The first-order valence-electron chi connectivity index (χ1n) is 9.21. The highest BCUT2D eigenvalue weighted by molar-refractivity contribution is 5.86. The van der Waals surface area contributed by atoms with E-state index in [9.17, 15) is 4.79 Å². The number of rotatable bonds is 7.